The predicted molar refractivity (Wildman–Crippen MR) is 41.8 cm³/mol. The van der Waals surface area contributed by atoms with Crippen molar-refractivity contribution in [1.29, 1.82) is 5.26 Å². The Kier molecular flexibility index (Phi) is 4.23. The van der Waals surface area contributed by atoms with Crippen LogP contribution < -0.4 is 5.32 Å². The highest BCUT2D eigenvalue weighted by Crippen LogP contribution is 1.91. The summed E-state index contributed by atoms with van der Waals surface area (Å²) in [5.41, 5.74) is 0. The largest absolute Gasteiger partial charge is 0.358 e. The van der Waals surface area contributed by atoms with Crippen molar-refractivity contribution >= 4 is 5.91 Å². The smallest absolute Gasteiger partial charge is 0.233 e. The molecule has 0 radical (unpaired) electrons. The van der Waals surface area contributed by atoms with Crippen LogP contribution in [0, 0.1) is 11.3 Å². The van der Waals surface area contributed by atoms with Crippen LogP contribution in [0.1, 0.15) is 6.92 Å². The van der Waals surface area contributed by atoms with Crippen molar-refractivity contribution in [3.05, 3.63) is 0 Å². The van der Waals surface area contributed by atoms with Gasteiger partial charge in [-0.05, 0) is 14.0 Å². The molecule has 4 nitrogen and oxygen atoms in total. The lowest BCUT2D eigenvalue weighted by molar-refractivity contribution is -0.121. The van der Waals surface area contributed by atoms with Gasteiger partial charge in [0.05, 0.1) is 18.7 Å². The second-order valence-corrected chi connectivity index (χ2v) is 2.39. The summed E-state index contributed by atoms with van der Waals surface area (Å²) in [6.07, 6.45) is 0. The first-order valence-corrected chi connectivity index (χ1v) is 3.42. The molecule has 0 aromatic carbocycles. The van der Waals surface area contributed by atoms with Crippen molar-refractivity contribution in [2.75, 3.05) is 20.6 Å². The number of nitrogens with one attached hydrogen (secondary N) is 1. The second-order valence-electron chi connectivity index (χ2n) is 2.39. The van der Waals surface area contributed by atoms with Crippen molar-refractivity contribution in [3.8, 4) is 6.07 Å². The van der Waals surface area contributed by atoms with Gasteiger partial charge in [0.1, 0.15) is 0 Å². The number of likely N-dealkylation sites (N-methyl/N-ethyl adjacent to an activating group) is 2. The molecule has 0 fully saturated rings. The molecule has 0 aromatic heterocycles. The molecule has 0 bridgehead atoms. The van der Waals surface area contributed by atoms with Crippen molar-refractivity contribution in [2.45, 2.75) is 13.0 Å². The molecule has 4 heteroatoms. The van der Waals surface area contributed by atoms with Crippen LogP contribution in [0.25, 0.3) is 0 Å². The fourth-order valence-electron chi connectivity index (χ4n) is 0.541. The molecule has 62 valence electrons. The number of carbonyl (C=O) groups excluding carboxylic acids is 1. The molecular weight excluding hydrogens is 142 g/mol. The van der Waals surface area contributed by atoms with E-state index >= 15 is 0 Å². The summed E-state index contributed by atoms with van der Waals surface area (Å²) in [5.74, 6) is -0.0744. The fourth-order valence-corrected chi connectivity index (χ4v) is 0.541. The number of nitrogens with zero attached hydrogens (tertiary/aromatic N) is 2. The first kappa shape index (κ1) is 9.92. The number of hydrogen-bond acceptors (Lipinski definition) is 3. The fraction of sp³-hybridized carbons (Fsp3) is 0.714. The van der Waals surface area contributed by atoms with Gasteiger partial charge in [0.2, 0.25) is 5.91 Å². The molecule has 0 saturated heterocycles. The van der Waals surface area contributed by atoms with Gasteiger partial charge >= 0.3 is 0 Å². The van der Waals surface area contributed by atoms with E-state index in [0.29, 0.717) is 0 Å². The zero-order valence-electron chi connectivity index (χ0n) is 7.09. The van der Waals surface area contributed by atoms with Crippen LogP contribution in [-0.2, 0) is 4.79 Å². The van der Waals surface area contributed by atoms with E-state index in [0.717, 1.165) is 0 Å². The minimum atomic E-state index is -0.215. The van der Waals surface area contributed by atoms with Crippen molar-refractivity contribution < 1.29 is 4.79 Å². The Bertz CT molecular complexity index is 173. The summed E-state index contributed by atoms with van der Waals surface area (Å²) < 4.78 is 0. The van der Waals surface area contributed by atoms with E-state index in [1.165, 1.54) is 0 Å². The van der Waals surface area contributed by atoms with Crippen LogP contribution in [-0.4, -0.2) is 37.5 Å². The third-order valence-electron chi connectivity index (χ3n) is 1.52. The predicted octanol–water partition coefficient (Wildman–Crippen LogP) is -0.424. The Labute approximate surface area is 66.8 Å². The van der Waals surface area contributed by atoms with Gasteiger partial charge in [-0.15, -0.1) is 0 Å². The SMILES string of the molecule is CNC(=O)CN(C)C(C)C#N. The van der Waals surface area contributed by atoms with E-state index in [2.05, 4.69) is 5.32 Å². The summed E-state index contributed by atoms with van der Waals surface area (Å²) in [4.78, 5) is 12.5. The molecule has 0 rings (SSSR count). The first-order chi connectivity index (χ1) is 5.11. The molecule has 0 heterocycles. The monoisotopic (exact) mass is 155 g/mol. The average molecular weight is 155 g/mol. The van der Waals surface area contributed by atoms with Gasteiger partial charge < -0.3 is 5.32 Å². The van der Waals surface area contributed by atoms with Crippen LogP contribution in [0.3, 0.4) is 0 Å². The normalized spacial score (nSPS) is 12.3. The number of nitriles is 1. The minimum Gasteiger partial charge on any atom is -0.358 e. The van der Waals surface area contributed by atoms with E-state index in [1.54, 1.807) is 25.9 Å². The molecule has 1 atom stereocenters. The quantitative estimate of drug-likeness (QED) is 0.602. The zero-order valence-corrected chi connectivity index (χ0v) is 7.09. The van der Waals surface area contributed by atoms with Gasteiger partial charge in [-0.1, -0.05) is 0 Å². The summed E-state index contributed by atoms with van der Waals surface area (Å²) >= 11 is 0. The standard InChI is InChI=1S/C7H13N3O/c1-6(4-8)10(3)5-7(11)9-2/h6H,5H2,1-3H3,(H,9,11). The van der Waals surface area contributed by atoms with Crippen molar-refractivity contribution in [1.82, 2.24) is 10.2 Å². The first-order valence-electron chi connectivity index (χ1n) is 3.42. The Morgan fingerprint density at radius 2 is 2.36 bits per heavy atom. The topological polar surface area (TPSA) is 56.1 Å². The lowest BCUT2D eigenvalue weighted by atomic mass is 10.3. The van der Waals surface area contributed by atoms with E-state index in [4.69, 9.17) is 5.26 Å². The molecule has 0 aliphatic carbocycles. The third-order valence-corrected chi connectivity index (χ3v) is 1.52. The highest BCUT2D eigenvalue weighted by Gasteiger charge is 2.10. The Morgan fingerprint density at radius 1 is 1.82 bits per heavy atom. The minimum absolute atomic E-state index is 0.0744. The van der Waals surface area contributed by atoms with Crippen molar-refractivity contribution in [3.63, 3.8) is 0 Å². The summed E-state index contributed by atoms with van der Waals surface area (Å²) in [7, 11) is 3.32. The number of hydrogen-bond donors (Lipinski definition) is 1. The van der Waals surface area contributed by atoms with Crippen LogP contribution in [0.4, 0.5) is 0 Å². The molecule has 0 aromatic rings. The molecule has 1 amide bonds. The van der Waals surface area contributed by atoms with Gasteiger partial charge in [0, 0.05) is 7.05 Å². The lowest BCUT2D eigenvalue weighted by Crippen LogP contribution is -2.37. The third kappa shape index (κ3) is 3.58. The molecule has 0 saturated carbocycles. The molecule has 1 unspecified atom stereocenters. The Hall–Kier alpha value is -1.08. The maximum Gasteiger partial charge on any atom is 0.233 e. The highest BCUT2D eigenvalue weighted by atomic mass is 16.1. The summed E-state index contributed by atoms with van der Waals surface area (Å²) in [6, 6.07) is 1.82. The molecule has 0 spiro atoms. The van der Waals surface area contributed by atoms with Gasteiger partial charge in [0.25, 0.3) is 0 Å². The van der Waals surface area contributed by atoms with Crippen molar-refractivity contribution in [2.24, 2.45) is 0 Å². The van der Waals surface area contributed by atoms with Crippen LogP contribution in [0.2, 0.25) is 0 Å². The van der Waals surface area contributed by atoms with Crippen LogP contribution in [0.15, 0.2) is 0 Å². The molecular formula is C7H13N3O. The lowest BCUT2D eigenvalue weighted by Gasteiger charge is -2.16. The molecule has 1 N–H and O–H groups in total. The zero-order chi connectivity index (χ0) is 8.85. The maximum atomic E-state index is 10.8. The molecule has 0 aliphatic heterocycles. The molecule has 11 heavy (non-hydrogen) atoms. The maximum absolute atomic E-state index is 10.8. The molecule has 0 aliphatic rings. The Morgan fingerprint density at radius 3 is 2.73 bits per heavy atom. The second kappa shape index (κ2) is 4.69. The van der Waals surface area contributed by atoms with Crippen LogP contribution in [0.5, 0.6) is 0 Å². The van der Waals surface area contributed by atoms with Gasteiger partial charge in [-0.3, -0.25) is 9.69 Å². The summed E-state index contributed by atoms with van der Waals surface area (Å²) in [6.45, 7) is 2.02. The average Bonchev–Trinajstić information content (AvgIpc) is 2.02. The highest BCUT2D eigenvalue weighted by molar-refractivity contribution is 5.77. The van der Waals surface area contributed by atoms with Gasteiger partial charge in [-0.25, -0.2) is 0 Å². The van der Waals surface area contributed by atoms with E-state index in [9.17, 15) is 4.79 Å². The number of amides is 1. The van der Waals surface area contributed by atoms with E-state index in [1.807, 2.05) is 6.07 Å². The van der Waals surface area contributed by atoms with Gasteiger partial charge in [0.15, 0.2) is 0 Å². The van der Waals surface area contributed by atoms with E-state index in [-0.39, 0.29) is 18.5 Å². The number of carbonyl (C=O) groups is 1. The van der Waals surface area contributed by atoms with Gasteiger partial charge in [-0.2, -0.15) is 5.26 Å². The van der Waals surface area contributed by atoms with E-state index < -0.39 is 0 Å². The van der Waals surface area contributed by atoms with Crippen LogP contribution >= 0.6 is 0 Å². The number of rotatable bonds is 3. The Balaban J connectivity index is 3.79. The summed E-state index contributed by atoms with van der Waals surface area (Å²) in [5, 5.41) is 11.0.